The van der Waals surface area contributed by atoms with Crippen molar-refractivity contribution in [2.24, 2.45) is 5.92 Å². The zero-order chi connectivity index (χ0) is 15.3. The van der Waals surface area contributed by atoms with Crippen molar-refractivity contribution in [2.45, 2.75) is 25.8 Å². The number of hydrogen-bond acceptors (Lipinski definition) is 4. The van der Waals surface area contributed by atoms with Gasteiger partial charge in [0.2, 0.25) is 5.95 Å². The first-order valence-electron chi connectivity index (χ1n) is 7.31. The van der Waals surface area contributed by atoms with Crippen molar-refractivity contribution in [3.63, 3.8) is 0 Å². The largest absolute Gasteiger partial charge is 0.328 e. The lowest BCUT2D eigenvalue weighted by Crippen LogP contribution is -2.33. The van der Waals surface area contributed by atoms with Crippen LogP contribution in [0.15, 0.2) is 41.9 Å². The van der Waals surface area contributed by atoms with Gasteiger partial charge in [-0.05, 0) is 30.0 Å². The second kappa shape index (κ2) is 4.95. The van der Waals surface area contributed by atoms with Gasteiger partial charge in [0.25, 0.3) is 0 Å². The molecule has 0 spiro atoms. The second-order valence-electron chi connectivity index (χ2n) is 5.94. The Hall–Kier alpha value is -2.14. The summed E-state index contributed by atoms with van der Waals surface area (Å²) in [6.45, 7) is 2.09. The number of carbonyl (C=O) groups is 1. The van der Waals surface area contributed by atoms with Gasteiger partial charge in [-0.3, -0.25) is 4.79 Å². The number of ketones is 1. The highest BCUT2D eigenvalue weighted by Crippen LogP contribution is 2.41. The summed E-state index contributed by atoms with van der Waals surface area (Å²) in [5.41, 5.74) is 2.71. The molecule has 0 bridgehead atoms. The normalized spacial score (nSPS) is 23.8. The number of nitrogens with zero attached hydrogens (tertiary/aromatic N) is 3. The highest BCUT2D eigenvalue weighted by atomic mass is 35.5. The monoisotopic (exact) mass is 314 g/mol. The minimum absolute atomic E-state index is 0.173. The third-order valence-electron chi connectivity index (χ3n) is 4.23. The van der Waals surface area contributed by atoms with Crippen molar-refractivity contribution in [2.75, 3.05) is 5.32 Å². The Morgan fingerprint density at radius 1 is 1.36 bits per heavy atom. The molecule has 1 aromatic carbocycles. The predicted octanol–water partition coefficient (Wildman–Crippen LogP) is 3.20. The number of hydrogen-bond donors (Lipinski definition) is 1. The standard InChI is InChI=1S/C16H15ClN4O/c1-9-5-12-14(13(22)6-9)15(10-3-2-4-11(17)7-10)21-16(20-12)18-8-19-21/h2-4,7-9,15H,5-6H2,1H3,(H,18,19,20)/t9-,15-/m1/s1. The lowest BCUT2D eigenvalue weighted by molar-refractivity contribution is -0.117. The van der Waals surface area contributed by atoms with E-state index in [0.29, 0.717) is 23.3 Å². The van der Waals surface area contributed by atoms with Gasteiger partial charge in [0.05, 0.1) is 0 Å². The maximum atomic E-state index is 12.6. The lowest BCUT2D eigenvalue weighted by Gasteiger charge is -2.34. The van der Waals surface area contributed by atoms with E-state index in [0.717, 1.165) is 23.3 Å². The molecule has 1 aliphatic heterocycles. The van der Waals surface area contributed by atoms with Gasteiger partial charge in [-0.2, -0.15) is 10.1 Å². The average Bonchev–Trinajstić information content (AvgIpc) is 2.92. The number of nitrogens with one attached hydrogen (secondary N) is 1. The van der Waals surface area contributed by atoms with E-state index in [1.54, 1.807) is 4.68 Å². The first-order chi connectivity index (χ1) is 10.6. The van der Waals surface area contributed by atoms with Crippen molar-refractivity contribution in [1.29, 1.82) is 0 Å². The summed E-state index contributed by atoms with van der Waals surface area (Å²) >= 11 is 6.14. The molecule has 1 aliphatic carbocycles. The Balaban J connectivity index is 1.92. The minimum Gasteiger partial charge on any atom is -0.328 e. The van der Waals surface area contributed by atoms with Crippen LogP contribution in [0.3, 0.4) is 0 Å². The Labute approximate surface area is 133 Å². The van der Waals surface area contributed by atoms with Crippen molar-refractivity contribution in [3.8, 4) is 0 Å². The zero-order valence-corrected chi connectivity index (χ0v) is 12.8. The molecule has 0 amide bonds. The van der Waals surface area contributed by atoms with Crippen LogP contribution in [-0.4, -0.2) is 20.5 Å². The van der Waals surface area contributed by atoms with Crippen LogP contribution in [-0.2, 0) is 4.79 Å². The first kappa shape index (κ1) is 13.5. The number of rotatable bonds is 1. The number of Topliss-reactive ketones (excluding diaryl/α,β-unsaturated/α-hetero) is 1. The third-order valence-corrected chi connectivity index (χ3v) is 4.47. The molecule has 5 nitrogen and oxygen atoms in total. The molecule has 0 saturated heterocycles. The topological polar surface area (TPSA) is 59.8 Å². The summed E-state index contributed by atoms with van der Waals surface area (Å²) in [5.74, 6) is 1.19. The molecule has 0 fully saturated rings. The average molecular weight is 315 g/mol. The van der Waals surface area contributed by atoms with Gasteiger partial charge in [0.1, 0.15) is 12.4 Å². The van der Waals surface area contributed by atoms with Crippen molar-refractivity contribution < 1.29 is 4.79 Å². The van der Waals surface area contributed by atoms with Gasteiger partial charge >= 0.3 is 0 Å². The molecule has 2 aromatic rings. The number of allylic oxidation sites excluding steroid dienone is 2. The van der Waals surface area contributed by atoms with Crippen molar-refractivity contribution in [3.05, 3.63) is 52.4 Å². The Morgan fingerprint density at radius 3 is 3.05 bits per heavy atom. The smallest absolute Gasteiger partial charge is 0.226 e. The maximum absolute atomic E-state index is 12.6. The van der Waals surface area contributed by atoms with Crippen LogP contribution in [0, 0.1) is 5.92 Å². The third kappa shape index (κ3) is 2.04. The fourth-order valence-electron chi connectivity index (χ4n) is 3.33. The van der Waals surface area contributed by atoms with E-state index in [2.05, 4.69) is 22.3 Å². The highest BCUT2D eigenvalue weighted by Gasteiger charge is 2.37. The van der Waals surface area contributed by atoms with Crippen LogP contribution in [0.5, 0.6) is 0 Å². The number of anilines is 1. The van der Waals surface area contributed by atoms with Crippen LogP contribution < -0.4 is 5.32 Å². The Bertz CT molecular complexity index is 795. The quantitative estimate of drug-likeness (QED) is 0.878. The molecule has 112 valence electrons. The van der Waals surface area contributed by atoms with Gasteiger partial charge in [-0.15, -0.1) is 0 Å². The first-order valence-corrected chi connectivity index (χ1v) is 7.69. The number of fused-ring (bicyclic) bond motifs is 1. The number of carbonyl (C=O) groups excluding carboxylic acids is 1. The van der Waals surface area contributed by atoms with Crippen molar-refractivity contribution in [1.82, 2.24) is 14.8 Å². The van der Waals surface area contributed by atoms with Gasteiger partial charge < -0.3 is 5.32 Å². The van der Waals surface area contributed by atoms with Gasteiger partial charge in [0.15, 0.2) is 5.78 Å². The zero-order valence-electron chi connectivity index (χ0n) is 12.1. The van der Waals surface area contributed by atoms with E-state index in [1.165, 1.54) is 6.33 Å². The molecule has 2 heterocycles. The molecule has 4 rings (SSSR count). The van der Waals surface area contributed by atoms with Crippen LogP contribution in [0.25, 0.3) is 0 Å². The summed E-state index contributed by atoms with van der Waals surface area (Å²) in [4.78, 5) is 16.9. The van der Waals surface area contributed by atoms with Crippen LogP contribution in [0.4, 0.5) is 5.95 Å². The molecule has 0 unspecified atom stereocenters. The van der Waals surface area contributed by atoms with Crippen LogP contribution in [0.2, 0.25) is 5.02 Å². The van der Waals surface area contributed by atoms with E-state index in [4.69, 9.17) is 11.6 Å². The van der Waals surface area contributed by atoms with Gasteiger partial charge in [0, 0.05) is 22.7 Å². The fraction of sp³-hybridized carbons (Fsp3) is 0.312. The minimum atomic E-state index is -0.257. The molecular weight excluding hydrogens is 300 g/mol. The number of aromatic nitrogens is 3. The molecule has 6 heteroatoms. The highest BCUT2D eigenvalue weighted by molar-refractivity contribution is 6.30. The SMILES string of the molecule is C[C@H]1CC(=O)C2=C(C1)Nc1ncnn1[C@@H]2c1cccc(Cl)c1. The molecule has 2 aliphatic rings. The van der Waals surface area contributed by atoms with Crippen molar-refractivity contribution >= 4 is 23.3 Å². The summed E-state index contributed by atoms with van der Waals surface area (Å²) in [5, 5.41) is 8.22. The van der Waals surface area contributed by atoms with E-state index in [-0.39, 0.29) is 11.8 Å². The molecule has 2 atom stereocenters. The molecule has 0 radical (unpaired) electrons. The van der Waals surface area contributed by atoms with E-state index in [1.807, 2.05) is 24.3 Å². The van der Waals surface area contributed by atoms with Gasteiger partial charge in [-0.1, -0.05) is 30.7 Å². The molecule has 0 saturated carbocycles. The number of benzene rings is 1. The lowest BCUT2D eigenvalue weighted by atomic mass is 9.81. The van der Waals surface area contributed by atoms with E-state index in [9.17, 15) is 4.79 Å². The van der Waals surface area contributed by atoms with Crippen LogP contribution >= 0.6 is 11.6 Å². The van der Waals surface area contributed by atoms with E-state index >= 15 is 0 Å². The predicted molar refractivity (Wildman–Crippen MR) is 83.7 cm³/mol. The molecule has 1 N–H and O–H groups in total. The fourth-order valence-corrected chi connectivity index (χ4v) is 3.53. The molecule has 22 heavy (non-hydrogen) atoms. The molecule has 1 aromatic heterocycles. The Kier molecular flexibility index (Phi) is 3.04. The van der Waals surface area contributed by atoms with E-state index < -0.39 is 0 Å². The van der Waals surface area contributed by atoms with Crippen LogP contribution in [0.1, 0.15) is 31.4 Å². The Morgan fingerprint density at radius 2 is 2.23 bits per heavy atom. The summed E-state index contributed by atoms with van der Waals surface area (Å²) in [7, 11) is 0. The summed E-state index contributed by atoms with van der Waals surface area (Å²) in [6.07, 6.45) is 2.93. The molecular formula is C16H15ClN4O. The second-order valence-corrected chi connectivity index (χ2v) is 6.38. The maximum Gasteiger partial charge on any atom is 0.226 e. The summed E-state index contributed by atoms with van der Waals surface area (Å²) in [6, 6.07) is 7.33. The summed E-state index contributed by atoms with van der Waals surface area (Å²) < 4.78 is 1.76. The number of halogens is 1. The van der Waals surface area contributed by atoms with Gasteiger partial charge in [-0.25, -0.2) is 4.68 Å².